The van der Waals surface area contributed by atoms with Crippen LogP contribution in [-0.2, 0) is 14.8 Å². The molecule has 4 nitrogen and oxygen atoms in total. The fourth-order valence-electron chi connectivity index (χ4n) is 1.74. The van der Waals surface area contributed by atoms with E-state index >= 15 is 0 Å². The molecule has 0 aromatic rings. The molecule has 0 saturated carbocycles. The Hall–Kier alpha value is -0.130. The van der Waals surface area contributed by atoms with Crippen LogP contribution in [0.4, 0.5) is 0 Å². The zero-order valence-corrected chi connectivity index (χ0v) is 9.88. The quantitative estimate of drug-likeness (QED) is 0.709. The highest BCUT2D eigenvalue weighted by molar-refractivity contribution is 7.89. The van der Waals surface area contributed by atoms with Gasteiger partial charge in [-0.2, -0.15) is 4.31 Å². The van der Waals surface area contributed by atoms with Gasteiger partial charge in [-0.15, -0.1) is 0 Å². The molecule has 0 aliphatic carbocycles. The van der Waals surface area contributed by atoms with Crippen molar-refractivity contribution >= 4 is 10.0 Å². The molecule has 5 heteroatoms. The summed E-state index contributed by atoms with van der Waals surface area (Å²) in [6.45, 7) is 6.68. The number of morpholine rings is 1. The first-order chi connectivity index (χ1) is 6.45. The van der Waals surface area contributed by atoms with E-state index in [1.165, 1.54) is 0 Å². The average molecular weight is 221 g/mol. The van der Waals surface area contributed by atoms with Crippen LogP contribution in [0, 0.1) is 0 Å². The lowest BCUT2D eigenvalue weighted by molar-refractivity contribution is -0.0440. The Balaban J connectivity index is 2.68. The topological polar surface area (TPSA) is 46.6 Å². The van der Waals surface area contributed by atoms with E-state index in [-0.39, 0.29) is 18.0 Å². The number of sulfonamides is 1. The van der Waals surface area contributed by atoms with Gasteiger partial charge in [-0.05, 0) is 20.3 Å². The monoisotopic (exact) mass is 221 g/mol. The molecule has 0 spiro atoms. The summed E-state index contributed by atoms with van der Waals surface area (Å²) in [5.41, 5.74) is 0. The van der Waals surface area contributed by atoms with Crippen molar-refractivity contribution in [3.8, 4) is 0 Å². The largest absolute Gasteiger partial charge is 0.373 e. The van der Waals surface area contributed by atoms with Crippen molar-refractivity contribution in [3.63, 3.8) is 0 Å². The van der Waals surface area contributed by atoms with Gasteiger partial charge in [-0.3, -0.25) is 0 Å². The fraction of sp³-hybridized carbons (Fsp3) is 1.00. The van der Waals surface area contributed by atoms with Gasteiger partial charge < -0.3 is 4.74 Å². The van der Waals surface area contributed by atoms with Gasteiger partial charge in [-0.1, -0.05) is 6.92 Å². The lowest BCUT2D eigenvalue weighted by atomic mass is 10.3. The molecule has 0 aromatic heterocycles. The van der Waals surface area contributed by atoms with Gasteiger partial charge in [0.25, 0.3) is 0 Å². The van der Waals surface area contributed by atoms with E-state index in [2.05, 4.69) is 0 Å². The molecule has 1 fully saturated rings. The minimum absolute atomic E-state index is 0.00498. The Bertz CT molecular complexity index is 266. The Kier molecular flexibility index (Phi) is 3.92. The number of ether oxygens (including phenoxy) is 1. The molecule has 1 aliphatic rings. The maximum absolute atomic E-state index is 11.7. The lowest BCUT2D eigenvalue weighted by Crippen LogP contribution is -2.48. The van der Waals surface area contributed by atoms with Crippen LogP contribution in [0.2, 0.25) is 0 Å². The van der Waals surface area contributed by atoms with Crippen LogP contribution < -0.4 is 0 Å². The van der Waals surface area contributed by atoms with Crippen molar-refractivity contribution in [1.29, 1.82) is 0 Å². The molecule has 84 valence electrons. The summed E-state index contributed by atoms with van der Waals surface area (Å²) < 4.78 is 30.5. The first-order valence-electron chi connectivity index (χ1n) is 5.09. The Morgan fingerprint density at radius 2 is 1.79 bits per heavy atom. The van der Waals surface area contributed by atoms with Crippen molar-refractivity contribution in [2.45, 2.75) is 39.4 Å². The third kappa shape index (κ3) is 2.93. The summed E-state index contributed by atoms with van der Waals surface area (Å²) in [5.74, 6) is 0.242. The molecule has 0 amide bonds. The van der Waals surface area contributed by atoms with Crippen molar-refractivity contribution in [2.75, 3.05) is 18.8 Å². The van der Waals surface area contributed by atoms with Crippen molar-refractivity contribution in [1.82, 2.24) is 4.31 Å². The highest BCUT2D eigenvalue weighted by Gasteiger charge is 2.29. The summed E-state index contributed by atoms with van der Waals surface area (Å²) in [6, 6.07) is 0. The van der Waals surface area contributed by atoms with Crippen molar-refractivity contribution in [2.24, 2.45) is 0 Å². The molecule has 0 radical (unpaired) electrons. The molecule has 1 rings (SSSR count). The molecule has 2 atom stereocenters. The molecule has 1 heterocycles. The van der Waals surface area contributed by atoms with Crippen molar-refractivity contribution < 1.29 is 13.2 Å². The van der Waals surface area contributed by atoms with E-state index in [0.717, 1.165) is 0 Å². The second-order valence-corrected chi connectivity index (χ2v) is 5.98. The summed E-state index contributed by atoms with van der Waals surface area (Å²) in [6.07, 6.45) is 0.679. The summed E-state index contributed by atoms with van der Waals surface area (Å²) >= 11 is 0. The lowest BCUT2D eigenvalue weighted by Gasteiger charge is -2.34. The van der Waals surface area contributed by atoms with E-state index in [1.54, 1.807) is 4.31 Å². The van der Waals surface area contributed by atoms with Crippen LogP contribution >= 0.6 is 0 Å². The van der Waals surface area contributed by atoms with E-state index in [0.29, 0.717) is 19.5 Å². The van der Waals surface area contributed by atoms with Crippen molar-refractivity contribution in [3.05, 3.63) is 0 Å². The van der Waals surface area contributed by atoms with Crippen LogP contribution in [0.15, 0.2) is 0 Å². The molecule has 14 heavy (non-hydrogen) atoms. The first kappa shape index (κ1) is 11.9. The van der Waals surface area contributed by atoms with Gasteiger partial charge in [0, 0.05) is 13.1 Å². The van der Waals surface area contributed by atoms with Crippen LogP contribution in [0.3, 0.4) is 0 Å². The summed E-state index contributed by atoms with van der Waals surface area (Å²) in [4.78, 5) is 0. The van der Waals surface area contributed by atoms with Gasteiger partial charge in [0.05, 0.1) is 18.0 Å². The first-order valence-corrected chi connectivity index (χ1v) is 6.70. The minimum atomic E-state index is -3.05. The Morgan fingerprint density at radius 1 is 1.29 bits per heavy atom. The normalized spacial score (nSPS) is 30.5. The molecule has 0 N–H and O–H groups in total. The number of hydrogen-bond acceptors (Lipinski definition) is 3. The number of rotatable bonds is 3. The van der Waals surface area contributed by atoms with E-state index in [9.17, 15) is 8.42 Å². The Morgan fingerprint density at radius 3 is 2.21 bits per heavy atom. The fourth-order valence-corrected chi connectivity index (χ4v) is 3.39. The molecule has 0 aromatic carbocycles. The second-order valence-electron chi connectivity index (χ2n) is 3.89. The van der Waals surface area contributed by atoms with Gasteiger partial charge >= 0.3 is 0 Å². The molecular formula is C9H19NO3S. The third-order valence-electron chi connectivity index (χ3n) is 2.24. The Labute approximate surface area is 86.3 Å². The number of nitrogens with zero attached hydrogens (tertiary/aromatic N) is 1. The molecule has 1 aliphatic heterocycles. The third-order valence-corrected chi connectivity index (χ3v) is 4.25. The average Bonchev–Trinajstić information content (AvgIpc) is 2.02. The smallest absolute Gasteiger partial charge is 0.214 e. The molecule has 1 saturated heterocycles. The summed E-state index contributed by atoms with van der Waals surface area (Å²) in [7, 11) is -3.05. The standard InChI is InChI=1S/C9H19NO3S/c1-4-5-14(11,12)10-6-8(2)13-9(3)7-10/h8-9H,4-7H2,1-3H3. The summed E-state index contributed by atoms with van der Waals surface area (Å²) in [5, 5.41) is 0. The maximum atomic E-state index is 11.7. The van der Waals surface area contributed by atoms with Crippen LogP contribution in [0.25, 0.3) is 0 Å². The van der Waals surface area contributed by atoms with Gasteiger partial charge in [0.15, 0.2) is 0 Å². The van der Waals surface area contributed by atoms with Crippen LogP contribution in [0.5, 0.6) is 0 Å². The molecule has 0 bridgehead atoms. The number of hydrogen-bond donors (Lipinski definition) is 0. The highest BCUT2D eigenvalue weighted by Crippen LogP contribution is 2.15. The molecular weight excluding hydrogens is 202 g/mol. The van der Waals surface area contributed by atoms with Gasteiger partial charge in [0.1, 0.15) is 0 Å². The predicted molar refractivity (Wildman–Crippen MR) is 55.7 cm³/mol. The zero-order valence-electron chi connectivity index (χ0n) is 9.06. The van der Waals surface area contributed by atoms with Crippen LogP contribution in [0.1, 0.15) is 27.2 Å². The van der Waals surface area contributed by atoms with E-state index in [4.69, 9.17) is 4.74 Å². The SMILES string of the molecule is CCCS(=O)(=O)N1CC(C)OC(C)C1. The zero-order chi connectivity index (χ0) is 10.8. The van der Waals surface area contributed by atoms with E-state index < -0.39 is 10.0 Å². The van der Waals surface area contributed by atoms with E-state index in [1.807, 2.05) is 20.8 Å². The predicted octanol–water partition coefficient (Wildman–Crippen LogP) is 0.835. The van der Waals surface area contributed by atoms with Gasteiger partial charge in [0.2, 0.25) is 10.0 Å². The highest BCUT2D eigenvalue weighted by atomic mass is 32.2. The maximum Gasteiger partial charge on any atom is 0.214 e. The second kappa shape index (κ2) is 4.59. The van der Waals surface area contributed by atoms with Crippen LogP contribution in [-0.4, -0.2) is 43.8 Å². The van der Waals surface area contributed by atoms with Gasteiger partial charge in [-0.25, -0.2) is 8.42 Å². The molecule has 2 unspecified atom stereocenters. The minimum Gasteiger partial charge on any atom is -0.373 e.